The van der Waals surface area contributed by atoms with Gasteiger partial charge in [-0.05, 0) is 18.1 Å². The summed E-state index contributed by atoms with van der Waals surface area (Å²) >= 11 is 0. The first-order valence-electron chi connectivity index (χ1n) is 8.88. The van der Waals surface area contributed by atoms with E-state index in [1.165, 1.54) is 11.6 Å². The molecule has 3 heterocycles. The highest BCUT2D eigenvalue weighted by atomic mass is 16.5. The van der Waals surface area contributed by atoms with Crippen LogP contribution in [-0.2, 0) is 16.6 Å². The van der Waals surface area contributed by atoms with Gasteiger partial charge in [0.2, 0.25) is 5.91 Å². The molecule has 0 radical (unpaired) electrons. The highest BCUT2D eigenvalue weighted by Gasteiger charge is 2.52. The highest BCUT2D eigenvalue weighted by molar-refractivity contribution is 5.92. The molecule has 0 saturated carbocycles. The lowest BCUT2D eigenvalue weighted by Crippen LogP contribution is -2.41. The van der Waals surface area contributed by atoms with Crippen LogP contribution in [0.3, 0.4) is 0 Å². The minimum atomic E-state index is -0.660. The van der Waals surface area contributed by atoms with Gasteiger partial charge in [-0.2, -0.15) is 5.10 Å². The zero-order valence-corrected chi connectivity index (χ0v) is 14.8. The maximum atomic E-state index is 12.5. The highest BCUT2D eigenvalue weighted by Crippen LogP contribution is 2.42. The standard InChI is InChI=1S/C20H23N3O3/c1-22-11-15(10-21-22)7-8-19(25)23-12-18(24)20(14-23)9-17(13-26-20)16-5-3-2-4-6-16/h2-8,10-11,17-18,24H,9,12-14H2,1H3/b8-7+/t17-,18+,20+/m0/s1. The van der Waals surface area contributed by atoms with Gasteiger partial charge in [0.15, 0.2) is 0 Å². The van der Waals surface area contributed by atoms with Gasteiger partial charge in [0, 0.05) is 37.3 Å². The second-order valence-corrected chi connectivity index (χ2v) is 7.20. The lowest BCUT2D eigenvalue weighted by Gasteiger charge is -2.25. The number of rotatable bonds is 3. The quantitative estimate of drug-likeness (QED) is 0.851. The number of carbonyl (C=O) groups excluding carboxylic acids is 1. The summed E-state index contributed by atoms with van der Waals surface area (Å²) in [6.45, 7) is 1.31. The molecule has 1 spiro atoms. The number of aliphatic hydroxyl groups excluding tert-OH is 1. The molecule has 1 amide bonds. The Labute approximate surface area is 152 Å². The van der Waals surface area contributed by atoms with Crippen LogP contribution < -0.4 is 0 Å². The molecule has 1 aromatic carbocycles. The van der Waals surface area contributed by atoms with Crippen LogP contribution >= 0.6 is 0 Å². The number of hydrogen-bond donors (Lipinski definition) is 1. The van der Waals surface area contributed by atoms with Gasteiger partial charge in [-0.3, -0.25) is 9.48 Å². The second kappa shape index (κ2) is 6.70. The second-order valence-electron chi connectivity index (χ2n) is 7.20. The van der Waals surface area contributed by atoms with Crippen LogP contribution in [0.15, 0.2) is 48.8 Å². The average Bonchev–Trinajstić information content (AvgIpc) is 3.35. The molecule has 0 unspecified atom stereocenters. The number of likely N-dealkylation sites (tertiary alicyclic amines) is 1. The Morgan fingerprint density at radius 1 is 1.38 bits per heavy atom. The lowest BCUT2D eigenvalue weighted by atomic mass is 9.87. The van der Waals surface area contributed by atoms with E-state index in [1.54, 1.807) is 21.9 Å². The van der Waals surface area contributed by atoms with Gasteiger partial charge in [-0.15, -0.1) is 0 Å². The summed E-state index contributed by atoms with van der Waals surface area (Å²) < 4.78 is 7.74. The van der Waals surface area contributed by atoms with E-state index >= 15 is 0 Å². The molecule has 1 aromatic heterocycles. The summed E-state index contributed by atoms with van der Waals surface area (Å²) in [6.07, 6.45) is 6.89. The van der Waals surface area contributed by atoms with Gasteiger partial charge in [0.1, 0.15) is 11.7 Å². The van der Waals surface area contributed by atoms with Crippen LogP contribution in [0, 0.1) is 0 Å². The fourth-order valence-corrected chi connectivity index (χ4v) is 3.92. The molecule has 3 atom stereocenters. The van der Waals surface area contributed by atoms with Crippen LogP contribution in [0.2, 0.25) is 0 Å². The first kappa shape index (κ1) is 17.0. The van der Waals surface area contributed by atoms with Crippen molar-refractivity contribution in [3.63, 3.8) is 0 Å². The number of benzene rings is 1. The minimum absolute atomic E-state index is 0.114. The summed E-state index contributed by atoms with van der Waals surface area (Å²) in [5.74, 6) is 0.142. The fraction of sp³-hybridized carbons (Fsp3) is 0.400. The molecule has 2 fully saturated rings. The van der Waals surface area contributed by atoms with Crippen LogP contribution in [0.25, 0.3) is 6.08 Å². The summed E-state index contributed by atoms with van der Waals surface area (Å²) in [7, 11) is 1.83. The van der Waals surface area contributed by atoms with Crippen LogP contribution in [0.5, 0.6) is 0 Å². The predicted octanol–water partition coefficient (Wildman–Crippen LogP) is 1.58. The van der Waals surface area contributed by atoms with Crippen molar-refractivity contribution in [3.8, 4) is 0 Å². The Morgan fingerprint density at radius 2 is 2.19 bits per heavy atom. The number of β-amino-alcohol motifs (C(OH)–C–C–N with tert-alkyl or cyclic N) is 1. The van der Waals surface area contributed by atoms with Crippen LogP contribution in [0.4, 0.5) is 0 Å². The number of hydrogen-bond acceptors (Lipinski definition) is 4. The molecule has 2 saturated heterocycles. The molecule has 2 aliphatic heterocycles. The van der Waals surface area contributed by atoms with Gasteiger partial charge in [-0.25, -0.2) is 0 Å². The van der Waals surface area contributed by atoms with Crippen molar-refractivity contribution < 1.29 is 14.6 Å². The van der Waals surface area contributed by atoms with E-state index in [2.05, 4.69) is 17.2 Å². The Bertz CT molecular complexity index is 817. The van der Waals surface area contributed by atoms with E-state index in [0.29, 0.717) is 19.7 Å². The van der Waals surface area contributed by atoms with Crippen molar-refractivity contribution in [1.82, 2.24) is 14.7 Å². The molecular weight excluding hydrogens is 330 g/mol. The summed E-state index contributed by atoms with van der Waals surface area (Å²) in [5.41, 5.74) is 1.44. The maximum Gasteiger partial charge on any atom is 0.246 e. The number of aryl methyl sites for hydroxylation is 1. The normalized spacial score (nSPS) is 28.5. The number of aromatic nitrogens is 2. The zero-order valence-electron chi connectivity index (χ0n) is 14.8. The topological polar surface area (TPSA) is 67.6 Å². The number of aliphatic hydroxyl groups is 1. The molecule has 0 bridgehead atoms. The number of nitrogens with zero attached hydrogens (tertiary/aromatic N) is 3. The van der Waals surface area contributed by atoms with Crippen molar-refractivity contribution in [2.75, 3.05) is 19.7 Å². The van der Waals surface area contributed by atoms with Crippen molar-refractivity contribution in [2.24, 2.45) is 7.05 Å². The molecule has 4 rings (SSSR count). The smallest absolute Gasteiger partial charge is 0.246 e. The maximum absolute atomic E-state index is 12.5. The van der Waals surface area contributed by atoms with Crippen molar-refractivity contribution in [2.45, 2.75) is 24.0 Å². The van der Waals surface area contributed by atoms with Crippen molar-refractivity contribution in [3.05, 3.63) is 59.9 Å². The molecule has 0 aliphatic carbocycles. The van der Waals surface area contributed by atoms with Gasteiger partial charge in [-0.1, -0.05) is 30.3 Å². The minimum Gasteiger partial charge on any atom is -0.388 e. The molecule has 6 heteroatoms. The van der Waals surface area contributed by atoms with Gasteiger partial charge in [0.05, 0.1) is 19.3 Å². The number of carbonyl (C=O) groups is 1. The third-order valence-electron chi connectivity index (χ3n) is 5.35. The van der Waals surface area contributed by atoms with E-state index in [9.17, 15) is 9.90 Å². The van der Waals surface area contributed by atoms with E-state index in [1.807, 2.05) is 31.4 Å². The van der Waals surface area contributed by atoms with E-state index in [-0.39, 0.29) is 11.8 Å². The van der Waals surface area contributed by atoms with Crippen LogP contribution in [-0.4, -0.2) is 57.1 Å². The largest absolute Gasteiger partial charge is 0.388 e. The summed E-state index contributed by atoms with van der Waals surface area (Å²) in [5, 5.41) is 14.7. The number of amides is 1. The summed E-state index contributed by atoms with van der Waals surface area (Å²) in [4.78, 5) is 14.2. The first-order valence-corrected chi connectivity index (χ1v) is 8.88. The molecule has 26 heavy (non-hydrogen) atoms. The van der Waals surface area contributed by atoms with E-state index in [0.717, 1.165) is 12.0 Å². The van der Waals surface area contributed by atoms with E-state index < -0.39 is 11.7 Å². The van der Waals surface area contributed by atoms with Gasteiger partial charge < -0.3 is 14.7 Å². The first-order chi connectivity index (χ1) is 12.6. The summed E-state index contributed by atoms with van der Waals surface area (Å²) in [6, 6.07) is 10.2. The SMILES string of the molecule is Cn1cc(/C=C/C(=O)N2C[C@@H](O)[C@@]3(C[C@H](c4ccccc4)CO3)C2)cn1. The van der Waals surface area contributed by atoms with Gasteiger partial charge >= 0.3 is 0 Å². The monoisotopic (exact) mass is 353 g/mol. The van der Waals surface area contributed by atoms with Gasteiger partial charge in [0.25, 0.3) is 0 Å². The predicted molar refractivity (Wildman–Crippen MR) is 97.3 cm³/mol. The van der Waals surface area contributed by atoms with E-state index in [4.69, 9.17) is 4.74 Å². The molecule has 6 nitrogen and oxygen atoms in total. The van der Waals surface area contributed by atoms with Crippen molar-refractivity contribution in [1.29, 1.82) is 0 Å². The Morgan fingerprint density at radius 3 is 2.92 bits per heavy atom. The Kier molecular flexibility index (Phi) is 4.38. The molecule has 1 N–H and O–H groups in total. The average molecular weight is 353 g/mol. The molecule has 2 aromatic rings. The molecule has 136 valence electrons. The van der Waals surface area contributed by atoms with Crippen molar-refractivity contribution >= 4 is 12.0 Å². The molecular formula is C20H23N3O3. The third kappa shape index (κ3) is 3.18. The Hall–Kier alpha value is -2.44. The molecule has 2 aliphatic rings. The van der Waals surface area contributed by atoms with Crippen LogP contribution in [0.1, 0.15) is 23.5 Å². The zero-order chi connectivity index (χ0) is 18.1. The Balaban J connectivity index is 1.43. The number of ether oxygens (including phenoxy) is 1. The third-order valence-corrected chi connectivity index (χ3v) is 5.35. The lowest BCUT2D eigenvalue weighted by molar-refractivity contribution is -0.126. The fourth-order valence-electron chi connectivity index (χ4n) is 3.92.